The second kappa shape index (κ2) is 7.79. The Morgan fingerprint density at radius 1 is 1.00 bits per heavy atom. The summed E-state index contributed by atoms with van der Waals surface area (Å²) in [5.74, 6) is 0.598. The molecule has 0 aliphatic rings. The molecule has 0 spiro atoms. The van der Waals surface area contributed by atoms with Gasteiger partial charge in [-0.25, -0.2) is 9.67 Å². The molecule has 8 heteroatoms. The summed E-state index contributed by atoms with van der Waals surface area (Å²) in [6, 6.07) is 17.2. The molecule has 0 bridgehead atoms. The van der Waals surface area contributed by atoms with Crippen molar-refractivity contribution in [1.29, 1.82) is 0 Å². The highest BCUT2D eigenvalue weighted by Crippen LogP contribution is 2.32. The van der Waals surface area contributed by atoms with Gasteiger partial charge in [0.2, 0.25) is 0 Å². The second-order valence-corrected chi connectivity index (χ2v) is 6.95. The molecule has 0 radical (unpaired) electrons. The predicted molar refractivity (Wildman–Crippen MR) is 112 cm³/mol. The van der Waals surface area contributed by atoms with Gasteiger partial charge in [0.25, 0.3) is 5.56 Å². The molecule has 0 amide bonds. The van der Waals surface area contributed by atoms with E-state index in [9.17, 15) is 18.0 Å². The van der Waals surface area contributed by atoms with Crippen molar-refractivity contribution in [1.82, 2.24) is 9.36 Å². The van der Waals surface area contributed by atoms with Gasteiger partial charge in [-0.1, -0.05) is 30.3 Å². The van der Waals surface area contributed by atoms with Crippen LogP contribution in [0.3, 0.4) is 0 Å². The van der Waals surface area contributed by atoms with Gasteiger partial charge in [0.1, 0.15) is 11.5 Å². The van der Waals surface area contributed by atoms with Gasteiger partial charge in [0, 0.05) is 12.6 Å². The molecule has 2 aromatic heterocycles. The zero-order chi connectivity index (χ0) is 22.2. The van der Waals surface area contributed by atoms with E-state index in [1.807, 2.05) is 30.3 Å². The van der Waals surface area contributed by atoms with Crippen LogP contribution in [0.5, 0.6) is 0 Å². The van der Waals surface area contributed by atoms with Crippen LogP contribution in [0.4, 0.5) is 18.9 Å². The summed E-state index contributed by atoms with van der Waals surface area (Å²) in [7, 11) is 1.77. The maximum Gasteiger partial charge on any atom is 0.416 e. The van der Waals surface area contributed by atoms with Crippen molar-refractivity contribution in [3.05, 3.63) is 94.1 Å². The first-order chi connectivity index (χ1) is 14.8. The first-order valence-electron chi connectivity index (χ1n) is 9.41. The minimum absolute atomic E-state index is 0.253. The van der Waals surface area contributed by atoms with Crippen LogP contribution in [0, 0.1) is 6.92 Å². The van der Waals surface area contributed by atoms with Crippen LogP contribution in [0.25, 0.3) is 17.0 Å². The van der Waals surface area contributed by atoms with Crippen LogP contribution in [0.15, 0.2) is 80.9 Å². The SMILES string of the molecule is Cc1c(N=Cc2ccc(-c3cccc(C(F)(F)F)c3)o2)c(=O)n(-c2ccccc2)n1C. The van der Waals surface area contributed by atoms with Crippen LogP contribution < -0.4 is 5.56 Å². The zero-order valence-electron chi connectivity index (χ0n) is 16.7. The average Bonchev–Trinajstić information content (AvgIpc) is 3.30. The lowest BCUT2D eigenvalue weighted by Gasteiger charge is -2.07. The first kappa shape index (κ1) is 20.5. The molecule has 0 atom stereocenters. The summed E-state index contributed by atoms with van der Waals surface area (Å²) >= 11 is 0. The quantitative estimate of drug-likeness (QED) is 0.405. The Labute approximate surface area is 175 Å². The van der Waals surface area contributed by atoms with Gasteiger partial charge in [-0.2, -0.15) is 13.2 Å². The minimum Gasteiger partial charge on any atom is -0.455 e. The number of alkyl halides is 3. The summed E-state index contributed by atoms with van der Waals surface area (Å²) in [6.07, 6.45) is -3.05. The van der Waals surface area contributed by atoms with E-state index in [1.165, 1.54) is 23.0 Å². The van der Waals surface area contributed by atoms with Crippen LogP contribution in [0.1, 0.15) is 17.0 Å². The second-order valence-electron chi connectivity index (χ2n) is 6.95. The van der Waals surface area contributed by atoms with E-state index < -0.39 is 11.7 Å². The van der Waals surface area contributed by atoms with Gasteiger partial charge in [-0.15, -0.1) is 0 Å². The first-order valence-corrected chi connectivity index (χ1v) is 9.41. The number of benzene rings is 2. The molecule has 0 fully saturated rings. The molecule has 4 rings (SSSR count). The van der Waals surface area contributed by atoms with E-state index in [0.717, 1.165) is 12.1 Å². The van der Waals surface area contributed by atoms with Crippen molar-refractivity contribution < 1.29 is 17.6 Å². The number of aromatic nitrogens is 2. The van der Waals surface area contributed by atoms with Crippen LogP contribution in [-0.2, 0) is 13.2 Å². The lowest BCUT2D eigenvalue weighted by atomic mass is 10.1. The smallest absolute Gasteiger partial charge is 0.416 e. The average molecular weight is 425 g/mol. The van der Waals surface area contributed by atoms with Crippen molar-refractivity contribution >= 4 is 11.9 Å². The molecule has 0 aliphatic carbocycles. The van der Waals surface area contributed by atoms with E-state index in [1.54, 1.807) is 30.8 Å². The number of hydrogen-bond donors (Lipinski definition) is 0. The highest BCUT2D eigenvalue weighted by atomic mass is 19.4. The largest absolute Gasteiger partial charge is 0.455 e. The lowest BCUT2D eigenvalue weighted by molar-refractivity contribution is -0.137. The van der Waals surface area contributed by atoms with Gasteiger partial charge in [-0.3, -0.25) is 9.48 Å². The van der Waals surface area contributed by atoms with Gasteiger partial charge in [-0.05, 0) is 43.3 Å². The Bertz CT molecular complexity index is 1310. The number of furan rings is 1. The van der Waals surface area contributed by atoms with Gasteiger partial charge >= 0.3 is 6.18 Å². The van der Waals surface area contributed by atoms with Crippen molar-refractivity contribution in [3.8, 4) is 17.0 Å². The molecular formula is C23H18F3N3O2. The maximum atomic E-state index is 12.9. The number of rotatable bonds is 4. The third kappa shape index (κ3) is 3.96. The lowest BCUT2D eigenvalue weighted by Crippen LogP contribution is -2.19. The molecule has 0 N–H and O–H groups in total. The Kier molecular flexibility index (Phi) is 5.14. The fraction of sp³-hybridized carbons (Fsp3) is 0.130. The Balaban J connectivity index is 1.65. The Hall–Kier alpha value is -3.81. The number of hydrogen-bond acceptors (Lipinski definition) is 3. The van der Waals surface area contributed by atoms with E-state index in [2.05, 4.69) is 4.99 Å². The minimum atomic E-state index is -4.43. The molecule has 0 unspecified atom stereocenters. The van der Waals surface area contributed by atoms with Gasteiger partial charge < -0.3 is 4.42 Å². The molecule has 5 nitrogen and oxygen atoms in total. The van der Waals surface area contributed by atoms with Crippen LogP contribution in [-0.4, -0.2) is 15.6 Å². The van der Waals surface area contributed by atoms with Gasteiger partial charge in [0.05, 0.1) is 23.2 Å². The van der Waals surface area contributed by atoms with E-state index in [-0.39, 0.29) is 17.0 Å². The third-order valence-electron chi connectivity index (χ3n) is 4.95. The molecular weight excluding hydrogens is 407 g/mol. The summed E-state index contributed by atoms with van der Waals surface area (Å²) < 4.78 is 47.7. The molecule has 0 saturated carbocycles. The summed E-state index contributed by atoms with van der Waals surface area (Å²) in [5, 5.41) is 0. The fourth-order valence-electron chi connectivity index (χ4n) is 3.26. The number of nitrogens with zero attached hydrogens (tertiary/aromatic N) is 3. The molecule has 158 valence electrons. The van der Waals surface area contributed by atoms with Crippen molar-refractivity contribution in [2.24, 2.45) is 12.0 Å². The Morgan fingerprint density at radius 2 is 1.74 bits per heavy atom. The van der Waals surface area contributed by atoms with Crippen LogP contribution in [0.2, 0.25) is 0 Å². The fourth-order valence-corrected chi connectivity index (χ4v) is 3.26. The Morgan fingerprint density at radius 3 is 2.45 bits per heavy atom. The molecule has 0 saturated heterocycles. The highest BCUT2D eigenvalue weighted by Gasteiger charge is 2.30. The normalized spacial score (nSPS) is 12.0. The van der Waals surface area contributed by atoms with Crippen molar-refractivity contribution in [2.45, 2.75) is 13.1 Å². The monoisotopic (exact) mass is 425 g/mol. The van der Waals surface area contributed by atoms with E-state index in [0.29, 0.717) is 22.7 Å². The standard InChI is InChI=1S/C23H18F3N3O2/c1-15-21(22(30)29(28(15)2)18-9-4-3-5-10-18)27-14-19-11-12-20(31-19)16-7-6-8-17(13-16)23(24,25)26/h3-14H,1-2H3. The topological polar surface area (TPSA) is 52.4 Å². The number of halogens is 3. The molecule has 2 heterocycles. The third-order valence-corrected chi connectivity index (χ3v) is 4.95. The van der Waals surface area contributed by atoms with Crippen LogP contribution >= 0.6 is 0 Å². The molecule has 4 aromatic rings. The highest BCUT2D eigenvalue weighted by molar-refractivity contribution is 5.80. The van der Waals surface area contributed by atoms with E-state index >= 15 is 0 Å². The molecule has 31 heavy (non-hydrogen) atoms. The number of para-hydroxylation sites is 1. The summed E-state index contributed by atoms with van der Waals surface area (Å²) in [4.78, 5) is 17.2. The summed E-state index contributed by atoms with van der Waals surface area (Å²) in [6.45, 7) is 1.78. The molecule has 2 aromatic carbocycles. The maximum absolute atomic E-state index is 12.9. The molecule has 0 aliphatic heterocycles. The van der Waals surface area contributed by atoms with Gasteiger partial charge in [0.15, 0.2) is 5.69 Å². The zero-order valence-corrected chi connectivity index (χ0v) is 16.7. The predicted octanol–water partition coefficient (Wildman–Crippen LogP) is 5.51. The summed E-state index contributed by atoms with van der Waals surface area (Å²) in [5.41, 5.74) is 0.893. The number of aliphatic imine (C=N–C) groups is 1. The van der Waals surface area contributed by atoms with E-state index in [4.69, 9.17) is 4.42 Å². The van der Waals surface area contributed by atoms with Crippen molar-refractivity contribution in [3.63, 3.8) is 0 Å². The van der Waals surface area contributed by atoms with Crippen molar-refractivity contribution in [2.75, 3.05) is 0 Å².